The van der Waals surface area contributed by atoms with E-state index in [1.165, 1.54) is 38.8 Å². The van der Waals surface area contributed by atoms with Crippen molar-refractivity contribution in [3.05, 3.63) is 0 Å². The molecule has 0 bridgehead atoms. The van der Waals surface area contributed by atoms with Gasteiger partial charge in [0.15, 0.2) is 5.96 Å². The zero-order chi connectivity index (χ0) is 15.2. The van der Waals surface area contributed by atoms with Crippen molar-refractivity contribution in [3.8, 4) is 0 Å². The van der Waals surface area contributed by atoms with Crippen molar-refractivity contribution in [1.82, 2.24) is 10.2 Å². The summed E-state index contributed by atoms with van der Waals surface area (Å²) < 4.78 is 0. The van der Waals surface area contributed by atoms with Gasteiger partial charge in [-0.2, -0.15) is 0 Å². The minimum absolute atomic E-state index is 0.0222. The van der Waals surface area contributed by atoms with Crippen LogP contribution in [-0.2, 0) is 0 Å². The molecule has 0 saturated carbocycles. The number of hydrogen-bond donors (Lipinski definition) is 2. The summed E-state index contributed by atoms with van der Waals surface area (Å²) in [4.78, 5) is 7.23. The number of nitrogens with one attached hydrogen (secondary N) is 1. The Kier molecular flexibility index (Phi) is 6.80. The monoisotopic (exact) mass is 282 g/mol. The first-order valence-corrected chi connectivity index (χ1v) is 8.19. The van der Waals surface area contributed by atoms with Gasteiger partial charge in [-0.25, -0.2) is 0 Å². The Bertz CT molecular complexity index is 294. The van der Waals surface area contributed by atoms with Crippen LogP contribution in [-0.4, -0.2) is 42.1 Å². The van der Waals surface area contributed by atoms with E-state index in [-0.39, 0.29) is 5.54 Å². The Balaban J connectivity index is 2.66. The summed E-state index contributed by atoms with van der Waals surface area (Å²) in [6.45, 7) is 14.2. The third-order valence-electron chi connectivity index (χ3n) is 4.15. The van der Waals surface area contributed by atoms with Gasteiger partial charge < -0.3 is 11.1 Å². The molecule has 0 aromatic rings. The van der Waals surface area contributed by atoms with Crippen LogP contribution in [0.1, 0.15) is 60.3 Å². The highest BCUT2D eigenvalue weighted by Gasteiger charge is 2.27. The molecule has 3 N–H and O–H groups in total. The smallest absolute Gasteiger partial charge is 0.189 e. The molecule has 0 aliphatic carbocycles. The minimum Gasteiger partial charge on any atom is -0.370 e. The number of likely N-dealkylation sites (tertiary alicyclic amines) is 1. The Morgan fingerprint density at radius 3 is 2.20 bits per heavy atom. The summed E-state index contributed by atoms with van der Waals surface area (Å²) in [6, 6.07) is 0.549. The van der Waals surface area contributed by atoms with Crippen LogP contribution in [0.5, 0.6) is 0 Å². The zero-order valence-electron chi connectivity index (χ0n) is 14.1. The van der Waals surface area contributed by atoms with E-state index in [1.807, 2.05) is 0 Å². The predicted octanol–water partition coefficient (Wildman–Crippen LogP) is 2.59. The van der Waals surface area contributed by atoms with Crippen molar-refractivity contribution in [3.63, 3.8) is 0 Å². The van der Waals surface area contributed by atoms with Gasteiger partial charge in [-0.15, -0.1) is 0 Å². The van der Waals surface area contributed by atoms with E-state index in [4.69, 9.17) is 5.73 Å². The lowest BCUT2D eigenvalue weighted by atomic mass is 9.93. The Morgan fingerprint density at radius 1 is 1.20 bits per heavy atom. The highest BCUT2D eigenvalue weighted by molar-refractivity contribution is 5.78. The van der Waals surface area contributed by atoms with Crippen molar-refractivity contribution in [1.29, 1.82) is 0 Å². The highest BCUT2D eigenvalue weighted by atomic mass is 15.2. The fourth-order valence-electron chi connectivity index (χ4n) is 3.08. The molecule has 118 valence electrons. The van der Waals surface area contributed by atoms with Crippen LogP contribution in [0, 0.1) is 5.92 Å². The molecule has 1 saturated heterocycles. The normalized spacial score (nSPS) is 19.6. The van der Waals surface area contributed by atoms with E-state index in [0.29, 0.717) is 12.0 Å². The third-order valence-corrected chi connectivity index (χ3v) is 4.15. The van der Waals surface area contributed by atoms with E-state index in [2.05, 4.69) is 49.8 Å². The molecular formula is C16H34N4. The van der Waals surface area contributed by atoms with Crippen LogP contribution in [0.2, 0.25) is 0 Å². The SMILES string of the molecule is CCC(CC)C(CN=C(N)NC(C)(C)C)N1CCCC1. The number of aliphatic imine (C=N–C) groups is 1. The van der Waals surface area contributed by atoms with Crippen LogP contribution >= 0.6 is 0 Å². The average molecular weight is 282 g/mol. The summed E-state index contributed by atoms with van der Waals surface area (Å²) in [5.74, 6) is 1.30. The molecule has 1 unspecified atom stereocenters. The average Bonchev–Trinajstić information content (AvgIpc) is 2.85. The second kappa shape index (κ2) is 7.87. The third kappa shape index (κ3) is 5.70. The van der Waals surface area contributed by atoms with Crippen molar-refractivity contribution in [2.45, 2.75) is 71.9 Å². The maximum Gasteiger partial charge on any atom is 0.189 e. The molecule has 20 heavy (non-hydrogen) atoms. The zero-order valence-corrected chi connectivity index (χ0v) is 14.1. The number of guanidine groups is 1. The molecule has 0 aromatic heterocycles. The number of nitrogens with zero attached hydrogens (tertiary/aromatic N) is 2. The molecule has 1 heterocycles. The molecule has 1 atom stereocenters. The molecule has 0 radical (unpaired) electrons. The van der Waals surface area contributed by atoms with E-state index in [0.717, 1.165) is 12.5 Å². The van der Waals surface area contributed by atoms with E-state index < -0.39 is 0 Å². The van der Waals surface area contributed by atoms with Crippen LogP contribution in [0.3, 0.4) is 0 Å². The molecule has 1 rings (SSSR count). The van der Waals surface area contributed by atoms with Gasteiger partial charge in [-0.05, 0) is 52.6 Å². The van der Waals surface area contributed by atoms with Gasteiger partial charge in [0, 0.05) is 11.6 Å². The molecule has 0 aromatic carbocycles. The van der Waals surface area contributed by atoms with E-state index in [9.17, 15) is 0 Å². The summed E-state index contributed by atoms with van der Waals surface area (Å²) >= 11 is 0. The fraction of sp³-hybridized carbons (Fsp3) is 0.938. The quantitative estimate of drug-likeness (QED) is 0.581. The number of rotatable bonds is 6. The van der Waals surface area contributed by atoms with Crippen molar-refractivity contribution in [2.24, 2.45) is 16.6 Å². The van der Waals surface area contributed by atoms with Crippen LogP contribution in [0.4, 0.5) is 0 Å². The predicted molar refractivity (Wildman–Crippen MR) is 88.0 cm³/mol. The Morgan fingerprint density at radius 2 is 1.75 bits per heavy atom. The first-order valence-electron chi connectivity index (χ1n) is 8.19. The maximum absolute atomic E-state index is 6.01. The first-order chi connectivity index (χ1) is 9.37. The van der Waals surface area contributed by atoms with Gasteiger partial charge in [-0.1, -0.05) is 26.7 Å². The minimum atomic E-state index is -0.0222. The van der Waals surface area contributed by atoms with Crippen molar-refractivity contribution < 1.29 is 0 Å². The van der Waals surface area contributed by atoms with Gasteiger partial charge >= 0.3 is 0 Å². The van der Waals surface area contributed by atoms with Gasteiger partial charge in [0.1, 0.15) is 0 Å². The Labute approximate surface area is 125 Å². The lowest BCUT2D eigenvalue weighted by molar-refractivity contribution is 0.172. The lowest BCUT2D eigenvalue weighted by Crippen LogP contribution is -2.46. The molecule has 0 amide bonds. The van der Waals surface area contributed by atoms with E-state index >= 15 is 0 Å². The molecule has 4 nitrogen and oxygen atoms in total. The van der Waals surface area contributed by atoms with Crippen LogP contribution in [0.15, 0.2) is 4.99 Å². The number of nitrogens with two attached hydrogens (primary N) is 1. The molecular weight excluding hydrogens is 248 g/mol. The second-order valence-corrected chi connectivity index (χ2v) is 6.99. The van der Waals surface area contributed by atoms with Gasteiger partial charge in [0.25, 0.3) is 0 Å². The standard InChI is InChI=1S/C16H34N4/c1-6-13(7-2)14(20-10-8-9-11-20)12-18-15(17)19-16(3,4)5/h13-14H,6-12H2,1-5H3,(H3,17,18,19). The summed E-state index contributed by atoms with van der Waals surface area (Å²) in [7, 11) is 0. The number of hydrogen-bond acceptors (Lipinski definition) is 2. The Hall–Kier alpha value is -0.770. The van der Waals surface area contributed by atoms with Crippen molar-refractivity contribution in [2.75, 3.05) is 19.6 Å². The molecule has 0 spiro atoms. The summed E-state index contributed by atoms with van der Waals surface area (Å²) in [6.07, 6.45) is 5.10. The first kappa shape index (κ1) is 17.3. The molecule has 1 aliphatic heterocycles. The molecule has 4 heteroatoms. The van der Waals surface area contributed by atoms with Crippen LogP contribution < -0.4 is 11.1 Å². The van der Waals surface area contributed by atoms with Gasteiger partial charge in [0.2, 0.25) is 0 Å². The highest BCUT2D eigenvalue weighted by Crippen LogP contribution is 2.23. The topological polar surface area (TPSA) is 53.6 Å². The van der Waals surface area contributed by atoms with E-state index in [1.54, 1.807) is 0 Å². The largest absolute Gasteiger partial charge is 0.370 e. The fourth-order valence-corrected chi connectivity index (χ4v) is 3.08. The summed E-state index contributed by atoms with van der Waals surface area (Å²) in [5, 5.41) is 3.25. The lowest BCUT2D eigenvalue weighted by Gasteiger charge is -2.33. The van der Waals surface area contributed by atoms with Gasteiger partial charge in [-0.3, -0.25) is 9.89 Å². The maximum atomic E-state index is 6.01. The summed E-state index contributed by atoms with van der Waals surface area (Å²) in [5.41, 5.74) is 5.99. The molecule has 1 fully saturated rings. The van der Waals surface area contributed by atoms with Crippen molar-refractivity contribution >= 4 is 5.96 Å². The van der Waals surface area contributed by atoms with Gasteiger partial charge in [0.05, 0.1) is 6.54 Å². The molecule has 1 aliphatic rings. The second-order valence-electron chi connectivity index (χ2n) is 6.99. The van der Waals surface area contributed by atoms with Crippen LogP contribution in [0.25, 0.3) is 0 Å².